The Balaban J connectivity index is 0.00000242. The lowest BCUT2D eigenvalue weighted by atomic mass is 9.98. The zero-order chi connectivity index (χ0) is 15.6. The highest BCUT2D eigenvalue weighted by Gasteiger charge is 2.33. The van der Waals surface area contributed by atoms with Crippen LogP contribution in [0.4, 0.5) is 22.0 Å². The van der Waals surface area contributed by atoms with Gasteiger partial charge in [0.25, 0.3) is 0 Å². The summed E-state index contributed by atoms with van der Waals surface area (Å²) in [5, 5.41) is 3.09. The Kier molecular flexibility index (Phi) is 9.35. The molecule has 0 aromatic heterocycles. The highest BCUT2D eigenvalue weighted by molar-refractivity contribution is 5.85. The van der Waals surface area contributed by atoms with Crippen molar-refractivity contribution in [3.8, 4) is 0 Å². The number of piperazine rings is 1. The molecule has 1 aliphatic rings. The van der Waals surface area contributed by atoms with Crippen LogP contribution in [0.1, 0.15) is 31.4 Å². The largest absolute Gasteiger partial charge is 0.314 e. The molecule has 1 N–H and O–H groups in total. The Morgan fingerprint density at radius 2 is 1.30 bits per heavy atom. The van der Waals surface area contributed by atoms with Crippen LogP contribution in [0.5, 0.6) is 0 Å². The molecule has 0 unspecified atom stereocenters. The number of rotatable bonds is 4. The van der Waals surface area contributed by atoms with Gasteiger partial charge in [0.15, 0.2) is 23.3 Å². The molecule has 0 radical (unpaired) electrons. The number of halogens is 7. The van der Waals surface area contributed by atoms with Gasteiger partial charge in [0.2, 0.25) is 5.82 Å². The van der Waals surface area contributed by atoms with Crippen LogP contribution in [0.15, 0.2) is 0 Å². The fourth-order valence-corrected chi connectivity index (χ4v) is 2.69. The minimum absolute atomic E-state index is 0. The van der Waals surface area contributed by atoms with Crippen molar-refractivity contribution in [2.24, 2.45) is 0 Å². The van der Waals surface area contributed by atoms with Crippen LogP contribution in [0.3, 0.4) is 0 Å². The molecule has 1 fully saturated rings. The molecule has 1 aliphatic heterocycles. The lowest BCUT2D eigenvalue weighted by Crippen LogP contribution is -2.45. The molecule has 1 saturated heterocycles. The molecule has 1 atom stereocenters. The average molecular weight is 381 g/mol. The highest BCUT2D eigenvalue weighted by Crippen LogP contribution is 2.33. The Morgan fingerprint density at radius 3 is 1.74 bits per heavy atom. The van der Waals surface area contributed by atoms with Crippen LogP contribution < -0.4 is 5.32 Å². The first-order valence-electron chi connectivity index (χ1n) is 6.95. The minimum Gasteiger partial charge on any atom is -0.314 e. The Morgan fingerprint density at radius 1 is 0.870 bits per heavy atom. The molecular formula is C14H19Cl2F5N2. The Hall–Kier alpha value is -0.630. The van der Waals surface area contributed by atoms with Gasteiger partial charge in [0.1, 0.15) is 0 Å². The quantitative estimate of drug-likeness (QED) is 0.483. The van der Waals surface area contributed by atoms with Crippen molar-refractivity contribution in [2.75, 3.05) is 26.2 Å². The Bertz CT molecular complexity index is 495. The van der Waals surface area contributed by atoms with Gasteiger partial charge in [-0.15, -0.1) is 24.8 Å². The molecule has 1 aromatic rings. The van der Waals surface area contributed by atoms with Crippen molar-refractivity contribution >= 4 is 24.8 Å². The van der Waals surface area contributed by atoms with E-state index in [0.717, 1.165) is 0 Å². The summed E-state index contributed by atoms with van der Waals surface area (Å²) in [7, 11) is 0. The highest BCUT2D eigenvalue weighted by atomic mass is 35.5. The summed E-state index contributed by atoms with van der Waals surface area (Å²) in [5.74, 6) is -9.30. The zero-order valence-electron chi connectivity index (χ0n) is 12.5. The third-order valence-electron chi connectivity index (χ3n) is 3.73. The van der Waals surface area contributed by atoms with E-state index in [1.807, 2.05) is 0 Å². The molecule has 0 aliphatic carbocycles. The maximum atomic E-state index is 14.0. The fraction of sp³-hybridized carbons (Fsp3) is 0.571. The monoisotopic (exact) mass is 380 g/mol. The second-order valence-electron chi connectivity index (χ2n) is 5.07. The SMILES string of the molecule is CCC[C@H](c1c(F)c(F)c(F)c(F)c1F)N1CCNCC1.Cl.Cl. The van der Waals surface area contributed by atoms with E-state index in [4.69, 9.17) is 0 Å². The third-order valence-corrected chi connectivity index (χ3v) is 3.73. The first-order valence-corrected chi connectivity index (χ1v) is 6.95. The van der Waals surface area contributed by atoms with E-state index in [9.17, 15) is 22.0 Å². The van der Waals surface area contributed by atoms with E-state index in [1.165, 1.54) is 0 Å². The summed E-state index contributed by atoms with van der Waals surface area (Å²) < 4.78 is 67.8. The zero-order valence-corrected chi connectivity index (χ0v) is 14.1. The van der Waals surface area contributed by atoms with Gasteiger partial charge in [-0.05, 0) is 6.42 Å². The maximum absolute atomic E-state index is 14.0. The topological polar surface area (TPSA) is 15.3 Å². The van der Waals surface area contributed by atoms with Crippen molar-refractivity contribution in [3.63, 3.8) is 0 Å². The Labute approximate surface area is 144 Å². The summed E-state index contributed by atoms with van der Waals surface area (Å²) >= 11 is 0. The fourth-order valence-electron chi connectivity index (χ4n) is 2.69. The summed E-state index contributed by atoms with van der Waals surface area (Å²) in [5.41, 5.74) is -0.713. The van der Waals surface area contributed by atoms with Gasteiger partial charge in [-0.25, -0.2) is 22.0 Å². The number of benzene rings is 1. The van der Waals surface area contributed by atoms with Gasteiger partial charge >= 0.3 is 0 Å². The second kappa shape index (κ2) is 9.61. The summed E-state index contributed by atoms with van der Waals surface area (Å²) in [6, 6.07) is -0.804. The van der Waals surface area contributed by atoms with Crippen LogP contribution in [0.25, 0.3) is 0 Å². The van der Waals surface area contributed by atoms with E-state index >= 15 is 0 Å². The van der Waals surface area contributed by atoms with E-state index in [1.54, 1.807) is 11.8 Å². The summed E-state index contributed by atoms with van der Waals surface area (Å²) in [6.07, 6.45) is 0.909. The lowest BCUT2D eigenvalue weighted by Gasteiger charge is -2.35. The number of hydrogen-bond donors (Lipinski definition) is 1. The van der Waals surface area contributed by atoms with Crippen LogP contribution >= 0.6 is 24.8 Å². The number of nitrogens with zero attached hydrogens (tertiary/aromatic N) is 1. The molecular weight excluding hydrogens is 362 g/mol. The molecule has 1 heterocycles. The molecule has 1 aromatic carbocycles. The summed E-state index contributed by atoms with van der Waals surface area (Å²) in [6.45, 7) is 4.06. The van der Waals surface area contributed by atoms with Gasteiger partial charge in [-0.2, -0.15) is 0 Å². The third kappa shape index (κ3) is 4.47. The number of hydrogen-bond acceptors (Lipinski definition) is 2. The van der Waals surface area contributed by atoms with Crippen LogP contribution in [0, 0.1) is 29.1 Å². The second-order valence-corrected chi connectivity index (χ2v) is 5.07. The van der Waals surface area contributed by atoms with Crippen molar-refractivity contribution in [1.29, 1.82) is 0 Å². The molecule has 2 rings (SSSR count). The van der Waals surface area contributed by atoms with Gasteiger partial charge in [0.05, 0.1) is 0 Å². The van der Waals surface area contributed by atoms with Crippen LogP contribution in [0.2, 0.25) is 0 Å². The molecule has 0 saturated carbocycles. The first-order chi connectivity index (χ1) is 9.99. The van der Waals surface area contributed by atoms with Crippen molar-refractivity contribution < 1.29 is 22.0 Å². The normalized spacial score (nSPS) is 16.4. The predicted molar refractivity (Wildman–Crippen MR) is 82.8 cm³/mol. The van der Waals surface area contributed by atoms with Gasteiger partial charge in [0, 0.05) is 37.8 Å². The van der Waals surface area contributed by atoms with Crippen LogP contribution in [-0.2, 0) is 0 Å². The van der Waals surface area contributed by atoms with E-state index in [0.29, 0.717) is 39.0 Å². The maximum Gasteiger partial charge on any atom is 0.200 e. The predicted octanol–water partition coefficient (Wildman–Crippen LogP) is 3.97. The molecule has 0 spiro atoms. The molecule has 2 nitrogen and oxygen atoms in total. The molecule has 134 valence electrons. The van der Waals surface area contributed by atoms with Gasteiger partial charge in [-0.1, -0.05) is 13.3 Å². The molecule has 0 amide bonds. The average Bonchev–Trinajstić information content (AvgIpc) is 2.51. The lowest BCUT2D eigenvalue weighted by molar-refractivity contribution is 0.155. The first kappa shape index (κ1) is 22.4. The van der Waals surface area contributed by atoms with Crippen LogP contribution in [-0.4, -0.2) is 31.1 Å². The number of nitrogens with one attached hydrogen (secondary N) is 1. The van der Waals surface area contributed by atoms with Gasteiger partial charge in [-0.3, -0.25) is 4.90 Å². The summed E-state index contributed by atoms with van der Waals surface area (Å²) in [4.78, 5) is 1.76. The molecule has 23 heavy (non-hydrogen) atoms. The van der Waals surface area contributed by atoms with E-state index in [2.05, 4.69) is 5.32 Å². The van der Waals surface area contributed by atoms with Gasteiger partial charge < -0.3 is 5.32 Å². The van der Waals surface area contributed by atoms with E-state index in [-0.39, 0.29) is 24.8 Å². The standard InChI is InChI=1S/C14H17F5N2.2ClH/c1-2-3-8(21-6-4-20-5-7-21)9-10(15)12(17)14(19)13(18)11(9)16;;/h8,20H,2-7H2,1H3;2*1H/t8-;;/m1../s1. The van der Waals surface area contributed by atoms with Crippen molar-refractivity contribution in [2.45, 2.75) is 25.8 Å². The smallest absolute Gasteiger partial charge is 0.200 e. The van der Waals surface area contributed by atoms with Crippen molar-refractivity contribution in [3.05, 3.63) is 34.6 Å². The molecule has 0 bridgehead atoms. The van der Waals surface area contributed by atoms with Crippen molar-refractivity contribution in [1.82, 2.24) is 10.2 Å². The van der Waals surface area contributed by atoms with E-state index < -0.39 is 40.7 Å². The minimum atomic E-state index is -2.11. The molecule has 9 heteroatoms.